The molecule has 0 saturated heterocycles. The number of aryl methyl sites for hydroxylation is 1. The van der Waals surface area contributed by atoms with Crippen LogP contribution in [0.1, 0.15) is 22.8 Å². The molecule has 0 aliphatic carbocycles. The minimum atomic E-state index is 0.567. The molecule has 21 heavy (non-hydrogen) atoms. The van der Waals surface area contributed by atoms with Gasteiger partial charge in [-0.05, 0) is 11.1 Å². The summed E-state index contributed by atoms with van der Waals surface area (Å²) in [5, 5.41) is 0. The molecular formula is C16H19N5. The van der Waals surface area contributed by atoms with E-state index in [9.17, 15) is 0 Å². The minimum absolute atomic E-state index is 0.567. The molecule has 3 aromatic rings. The summed E-state index contributed by atoms with van der Waals surface area (Å²) in [5.74, 6) is 2.03. The molecule has 5 nitrogen and oxygen atoms in total. The highest BCUT2D eigenvalue weighted by molar-refractivity contribution is 5.24. The molecule has 0 amide bonds. The molecule has 0 bridgehead atoms. The van der Waals surface area contributed by atoms with Gasteiger partial charge in [-0.15, -0.1) is 0 Å². The predicted molar refractivity (Wildman–Crippen MR) is 81.7 cm³/mol. The van der Waals surface area contributed by atoms with E-state index in [1.54, 1.807) is 0 Å². The molecule has 0 atom stereocenters. The summed E-state index contributed by atoms with van der Waals surface area (Å²) in [5.41, 5.74) is 8.08. The van der Waals surface area contributed by atoms with Gasteiger partial charge < -0.3 is 14.9 Å². The fourth-order valence-corrected chi connectivity index (χ4v) is 2.41. The maximum Gasteiger partial charge on any atom is 0.116 e. The summed E-state index contributed by atoms with van der Waals surface area (Å²) in [6, 6.07) is 8.35. The number of hydrogen-bond donors (Lipinski definition) is 1. The molecule has 0 spiro atoms. The van der Waals surface area contributed by atoms with Crippen LogP contribution in [-0.2, 0) is 26.6 Å². The average molecular weight is 281 g/mol. The van der Waals surface area contributed by atoms with Gasteiger partial charge in [-0.1, -0.05) is 24.3 Å². The Labute approximate surface area is 124 Å². The lowest BCUT2D eigenvalue weighted by Gasteiger charge is -2.09. The van der Waals surface area contributed by atoms with Crippen LogP contribution in [0.5, 0.6) is 0 Å². The van der Waals surface area contributed by atoms with Crippen LogP contribution in [0.25, 0.3) is 0 Å². The molecule has 0 aliphatic heterocycles. The van der Waals surface area contributed by atoms with E-state index in [4.69, 9.17) is 5.73 Å². The number of rotatable bonds is 5. The number of nitrogens with zero attached hydrogens (tertiary/aromatic N) is 4. The fourth-order valence-electron chi connectivity index (χ4n) is 2.41. The van der Waals surface area contributed by atoms with Crippen molar-refractivity contribution in [2.45, 2.75) is 19.5 Å². The molecular weight excluding hydrogens is 262 g/mol. The Bertz CT molecular complexity index is 726. The lowest BCUT2D eigenvalue weighted by molar-refractivity contribution is 0.711. The smallest absolute Gasteiger partial charge is 0.116 e. The molecule has 5 heteroatoms. The second-order valence-corrected chi connectivity index (χ2v) is 5.13. The van der Waals surface area contributed by atoms with Crippen LogP contribution in [0, 0.1) is 0 Å². The van der Waals surface area contributed by atoms with Crippen molar-refractivity contribution in [3.63, 3.8) is 0 Å². The van der Waals surface area contributed by atoms with Gasteiger partial charge in [0.1, 0.15) is 11.6 Å². The number of imidazole rings is 2. The van der Waals surface area contributed by atoms with Crippen molar-refractivity contribution in [1.29, 1.82) is 0 Å². The largest absolute Gasteiger partial charge is 0.338 e. The van der Waals surface area contributed by atoms with Crippen molar-refractivity contribution in [2.75, 3.05) is 0 Å². The third-order valence-corrected chi connectivity index (χ3v) is 3.62. The quantitative estimate of drug-likeness (QED) is 0.774. The van der Waals surface area contributed by atoms with Gasteiger partial charge in [-0.3, -0.25) is 0 Å². The summed E-state index contributed by atoms with van der Waals surface area (Å²) < 4.78 is 4.18. The lowest BCUT2D eigenvalue weighted by Crippen LogP contribution is -2.08. The minimum Gasteiger partial charge on any atom is -0.338 e. The monoisotopic (exact) mass is 281 g/mol. The first-order chi connectivity index (χ1) is 10.3. The van der Waals surface area contributed by atoms with E-state index in [-0.39, 0.29) is 0 Å². The predicted octanol–water partition coefficient (Wildman–Crippen LogP) is 1.71. The van der Waals surface area contributed by atoms with Crippen LogP contribution in [0.2, 0.25) is 0 Å². The Morgan fingerprint density at radius 3 is 2.57 bits per heavy atom. The lowest BCUT2D eigenvalue weighted by atomic mass is 10.1. The maximum absolute atomic E-state index is 5.70. The summed E-state index contributed by atoms with van der Waals surface area (Å²) in [7, 11) is 2.00. The molecule has 108 valence electrons. The standard InChI is InChI=1S/C16H19N5/c1-20-7-5-18-15(20)10-16-19-6-8-21(16)12-14-4-2-3-13(9-14)11-17/h2-9H,10-12,17H2,1H3. The zero-order valence-electron chi connectivity index (χ0n) is 12.1. The van der Waals surface area contributed by atoms with Crippen LogP contribution < -0.4 is 5.73 Å². The van der Waals surface area contributed by atoms with Crippen LogP contribution in [-0.4, -0.2) is 19.1 Å². The zero-order valence-corrected chi connectivity index (χ0v) is 12.1. The first kappa shape index (κ1) is 13.6. The van der Waals surface area contributed by atoms with Gasteiger partial charge in [0.05, 0.1) is 6.42 Å². The molecule has 2 aromatic heterocycles. The van der Waals surface area contributed by atoms with Crippen molar-refractivity contribution in [2.24, 2.45) is 12.8 Å². The second kappa shape index (κ2) is 5.93. The van der Waals surface area contributed by atoms with Crippen molar-refractivity contribution >= 4 is 0 Å². The SMILES string of the molecule is Cn1ccnc1Cc1nccn1Cc1cccc(CN)c1. The molecule has 3 rings (SSSR count). The highest BCUT2D eigenvalue weighted by Gasteiger charge is 2.08. The Kier molecular flexibility index (Phi) is 3.83. The summed E-state index contributed by atoms with van der Waals surface area (Å²) >= 11 is 0. The van der Waals surface area contributed by atoms with Crippen molar-refractivity contribution in [3.8, 4) is 0 Å². The average Bonchev–Trinajstić information content (AvgIpc) is 3.10. The van der Waals surface area contributed by atoms with E-state index >= 15 is 0 Å². The summed E-state index contributed by atoms with van der Waals surface area (Å²) in [6.07, 6.45) is 8.34. The van der Waals surface area contributed by atoms with Gasteiger partial charge in [-0.2, -0.15) is 0 Å². The third-order valence-electron chi connectivity index (χ3n) is 3.62. The van der Waals surface area contributed by atoms with E-state index < -0.39 is 0 Å². The summed E-state index contributed by atoms with van der Waals surface area (Å²) in [6.45, 7) is 1.37. The maximum atomic E-state index is 5.70. The van der Waals surface area contributed by atoms with Crippen molar-refractivity contribution < 1.29 is 0 Å². The first-order valence-electron chi connectivity index (χ1n) is 7.00. The van der Waals surface area contributed by atoms with E-state index in [1.165, 1.54) is 5.56 Å². The number of aromatic nitrogens is 4. The van der Waals surface area contributed by atoms with E-state index in [0.29, 0.717) is 6.54 Å². The van der Waals surface area contributed by atoms with Crippen LogP contribution in [0.15, 0.2) is 49.1 Å². The number of nitrogens with two attached hydrogens (primary N) is 1. The molecule has 0 radical (unpaired) electrons. The first-order valence-corrected chi connectivity index (χ1v) is 7.00. The second-order valence-electron chi connectivity index (χ2n) is 5.13. The molecule has 2 N–H and O–H groups in total. The van der Waals surface area contributed by atoms with E-state index in [1.807, 2.05) is 48.5 Å². The molecule has 1 aromatic carbocycles. The van der Waals surface area contributed by atoms with Gasteiger partial charge >= 0.3 is 0 Å². The van der Waals surface area contributed by atoms with Gasteiger partial charge in [0, 0.05) is 44.9 Å². The van der Waals surface area contributed by atoms with Crippen LogP contribution in [0.4, 0.5) is 0 Å². The molecule has 2 heterocycles. The Hall–Kier alpha value is -2.40. The molecule has 0 unspecified atom stereocenters. The number of hydrogen-bond acceptors (Lipinski definition) is 3. The highest BCUT2D eigenvalue weighted by atomic mass is 15.1. The Morgan fingerprint density at radius 1 is 1.05 bits per heavy atom. The van der Waals surface area contributed by atoms with Crippen molar-refractivity contribution in [1.82, 2.24) is 19.1 Å². The fraction of sp³-hybridized carbons (Fsp3) is 0.250. The summed E-state index contributed by atoms with van der Waals surface area (Å²) in [4.78, 5) is 8.82. The molecule has 0 fully saturated rings. The third kappa shape index (κ3) is 3.03. The van der Waals surface area contributed by atoms with Crippen LogP contribution >= 0.6 is 0 Å². The topological polar surface area (TPSA) is 61.7 Å². The Morgan fingerprint density at radius 2 is 1.81 bits per heavy atom. The van der Waals surface area contributed by atoms with E-state index in [2.05, 4.69) is 26.7 Å². The van der Waals surface area contributed by atoms with Gasteiger partial charge in [0.2, 0.25) is 0 Å². The van der Waals surface area contributed by atoms with Gasteiger partial charge in [-0.25, -0.2) is 9.97 Å². The van der Waals surface area contributed by atoms with E-state index in [0.717, 1.165) is 30.2 Å². The zero-order chi connectivity index (χ0) is 14.7. The normalized spacial score (nSPS) is 11.0. The van der Waals surface area contributed by atoms with Gasteiger partial charge in [0.15, 0.2) is 0 Å². The highest BCUT2D eigenvalue weighted by Crippen LogP contribution is 2.11. The van der Waals surface area contributed by atoms with Crippen LogP contribution in [0.3, 0.4) is 0 Å². The molecule has 0 aliphatic rings. The molecule has 0 saturated carbocycles. The van der Waals surface area contributed by atoms with Gasteiger partial charge in [0.25, 0.3) is 0 Å². The van der Waals surface area contributed by atoms with Crippen molar-refractivity contribution in [3.05, 3.63) is 71.8 Å². The Balaban J connectivity index is 1.80. The number of benzene rings is 1.